The number of imidazole rings is 2. The second-order valence-electron chi connectivity index (χ2n) is 15.4. The number of carboxylic acid groups (broad SMARTS) is 1. The van der Waals surface area contributed by atoms with Crippen LogP contribution in [0.1, 0.15) is 91.0 Å². The van der Waals surface area contributed by atoms with Crippen LogP contribution < -0.4 is 10.6 Å². The molecule has 2 aliphatic rings. The number of hydrogen-bond acceptors (Lipinski definition) is 7. The molecule has 4 aromatic rings. The highest BCUT2D eigenvalue weighted by atomic mass is 16.5. The van der Waals surface area contributed by atoms with Crippen molar-refractivity contribution in [3.63, 3.8) is 0 Å². The van der Waals surface area contributed by atoms with Crippen molar-refractivity contribution in [2.45, 2.75) is 103 Å². The number of aromatic nitrogens is 4. The monoisotopic (exact) mass is 752 g/mol. The third-order valence-corrected chi connectivity index (χ3v) is 11.0. The Balaban J connectivity index is 1.13. The van der Waals surface area contributed by atoms with Gasteiger partial charge in [0.15, 0.2) is 0 Å². The Kier molecular flexibility index (Phi) is 11.6. The summed E-state index contributed by atoms with van der Waals surface area (Å²) in [6, 6.07) is 14.2. The molecule has 0 saturated carbocycles. The predicted octanol–water partition coefficient (Wildman–Crippen LogP) is 6.91. The summed E-state index contributed by atoms with van der Waals surface area (Å²) in [5.74, 6) is 0.698. The van der Waals surface area contributed by atoms with E-state index in [0.717, 1.165) is 59.3 Å². The van der Waals surface area contributed by atoms with Crippen molar-refractivity contribution >= 4 is 24.0 Å². The second kappa shape index (κ2) is 16.4. The normalized spacial score (nSPS) is 20.8. The minimum absolute atomic E-state index is 0.00282. The van der Waals surface area contributed by atoms with Crippen molar-refractivity contribution in [1.82, 2.24) is 40.4 Å². The third kappa shape index (κ3) is 8.23. The van der Waals surface area contributed by atoms with Gasteiger partial charge in [0.25, 0.3) is 0 Å². The molecule has 292 valence electrons. The highest BCUT2D eigenvalue weighted by Gasteiger charge is 2.42. The summed E-state index contributed by atoms with van der Waals surface area (Å²) in [5.41, 5.74) is 5.49. The van der Waals surface area contributed by atoms with E-state index in [1.54, 1.807) is 4.90 Å². The number of H-pyrrole nitrogens is 2. The number of nitrogens with one attached hydrogen (secondary N) is 4. The number of alkyl carbamates (subject to hydrolysis) is 1. The molecule has 2 saturated heterocycles. The zero-order chi connectivity index (χ0) is 39.6. The van der Waals surface area contributed by atoms with E-state index < -0.39 is 24.3 Å². The number of carbonyl (C=O) groups excluding carboxylic acids is 3. The number of nitrogens with zero attached hydrogens (tertiary/aromatic N) is 4. The van der Waals surface area contributed by atoms with E-state index in [2.05, 4.69) is 44.9 Å². The molecule has 0 aliphatic carbocycles. The molecule has 14 nitrogen and oxygen atoms in total. The molecule has 5 N–H and O–H groups in total. The fourth-order valence-electron chi connectivity index (χ4n) is 7.89. The largest absolute Gasteiger partial charge is 0.465 e. The Morgan fingerprint density at radius 1 is 0.673 bits per heavy atom. The van der Waals surface area contributed by atoms with Crippen LogP contribution >= 0.6 is 0 Å². The summed E-state index contributed by atoms with van der Waals surface area (Å²) in [7, 11) is 1.29. The summed E-state index contributed by atoms with van der Waals surface area (Å²) in [6.07, 6.45) is 5.00. The van der Waals surface area contributed by atoms with Gasteiger partial charge in [-0.15, -0.1) is 0 Å². The van der Waals surface area contributed by atoms with Crippen LogP contribution in [-0.2, 0) is 14.3 Å². The topological polar surface area (TPSA) is 186 Å². The maximum Gasteiger partial charge on any atom is 0.407 e. The molecule has 6 atom stereocenters. The maximum absolute atomic E-state index is 13.7. The second-order valence-corrected chi connectivity index (χ2v) is 15.4. The zero-order valence-corrected chi connectivity index (χ0v) is 32.5. The lowest BCUT2D eigenvalue weighted by Gasteiger charge is -2.32. The SMILES string of the molecule is COC(=O)N[C@H](C(=O)N1C(C)CCC1c1nc(-c2ccc(-c3ccc(-c4c[nH]c([C@@H]5CC[C@H](C)N5C(=O)[C@H](NC(=O)O)C(C)C)n4)cc3)cc2)c[nH]1)C(C)C. The number of hydrogen-bond donors (Lipinski definition) is 5. The number of ether oxygens (including phenoxy) is 1. The van der Waals surface area contributed by atoms with Gasteiger partial charge < -0.3 is 40.2 Å². The van der Waals surface area contributed by atoms with Gasteiger partial charge in [-0.25, -0.2) is 19.6 Å². The Labute approximate surface area is 321 Å². The summed E-state index contributed by atoms with van der Waals surface area (Å²) < 4.78 is 4.77. The van der Waals surface area contributed by atoms with E-state index in [1.807, 2.05) is 83.1 Å². The van der Waals surface area contributed by atoms with E-state index in [-0.39, 0.29) is 47.8 Å². The minimum Gasteiger partial charge on any atom is -0.465 e. The van der Waals surface area contributed by atoms with Crippen LogP contribution in [0.25, 0.3) is 33.6 Å². The summed E-state index contributed by atoms with van der Waals surface area (Å²) in [5, 5.41) is 14.5. The predicted molar refractivity (Wildman–Crippen MR) is 208 cm³/mol. The molecule has 6 rings (SSSR count). The molecular weight excluding hydrogens is 701 g/mol. The first-order chi connectivity index (χ1) is 26.3. The Morgan fingerprint density at radius 2 is 1.05 bits per heavy atom. The lowest BCUT2D eigenvalue weighted by atomic mass is 10.0. The molecular formula is C41H52N8O6. The number of likely N-dealkylation sites (tertiary alicyclic amines) is 2. The number of benzene rings is 2. The fourth-order valence-corrected chi connectivity index (χ4v) is 7.89. The van der Waals surface area contributed by atoms with E-state index in [0.29, 0.717) is 11.6 Å². The van der Waals surface area contributed by atoms with Crippen molar-refractivity contribution in [1.29, 1.82) is 0 Å². The highest BCUT2D eigenvalue weighted by Crippen LogP contribution is 2.38. The van der Waals surface area contributed by atoms with Crippen molar-refractivity contribution in [2.75, 3.05) is 7.11 Å². The molecule has 2 fully saturated rings. The number of rotatable bonds is 11. The van der Waals surface area contributed by atoms with Crippen LogP contribution in [0.15, 0.2) is 60.9 Å². The highest BCUT2D eigenvalue weighted by molar-refractivity contribution is 5.87. The van der Waals surface area contributed by atoms with Crippen molar-refractivity contribution in [3.8, 4) is 33.6 Å². The first kappa shape index (κ1) is 39.0. The van der Waals surface area contributed by atoms with Gasteiger partial charge in [0.05, 0.1) is 30.6 Å². The van der Waals surface area contributed by atoms with Crippen LogP contribution in [0.2, 0.25) is 0 Å². The average Bonchev–Trinajstić information content (AvgIpc) is 3.99. The molecule has 2 unspecified atom stereocenters. The number of amides is 4. The van der Waals surface area contributed by atoms with Crippen LogP contribution in [0, 0.1) is 11.8 Å². The van der Waals surface area contributed by atoms with E-state index in [1.165, 1.54) is 7.11 Å². The van der Waals surface area contributed by atoms with Crippen LogP contribution in [0.4, 0.5) is 9.59 Å². The van der Waals surface area contributed by atoms with E-state index in [9.17, 15) is 24.3 Å². The Hall–Kier alpha value is -5.66. The smallest absolute Gasteiger partial charge is 0.407 e. The number of methoxy groups -OCH3 is 1. The molecule has 4 heterocycles. The van der Waals surface area contributed by atoms with Gasteiger partial charge >= 0.3 is 12.2 Å². The average molecular weight is 753 g/mol. The van der Waals surface area contributed by atoms with Gasteiger partial charge in [-0.1, -0.05) is 76.2 Å². The number of carbonyl (C=O) groups is 4. The first-order valence-electron chi connectivity index (χ1n) is 19.1. The molecule has 4 amide bonds. The maximum atomic E-state index is 13.7. The fraction of sp³-hybridized carbons (Fsp3) is 0.463. The lowest BCUT2D eigenvalue weighted by Crippen LogP contribution is -2.52. The first-order valence-corrected chi connectivity index (χ1v) is 19.1. The molecule has 2 aliphatic heterocycles. The van der Waals surface area contributed by atoms with Gasteiger partial charge in [-0.3, -0.25) is 9.59 Å². The number of aromatic amines is 2. The van der Waals surface area contributed by atoms with Gasteiger partial charge in [-0.05, 0) is 62.5 Å². The van der Waals surface area contributed by atoms with Gasteiger partial charge in [0.2, 0.25) is 11.8 Å². The van der Waals surface area contributed by atoms with Crippen molar-refractivity contribution in [3.05, 3.63) is 72.6 Å². The molecule has 2 aromatic heterocycles. The Morgan fingerprint density at radius 3 is 1.42 bits per heavy atom. The summed E-state index contributed by atoms with van der Waals surface area (Å²) in [6.45, 7) is 11.5. The molecule has 0 radical (unpaired) electrons. The minimum atomic E-state index is -1.22. The van der Waals surface area contributed by atoms with E-state index >= 15 is 0 Å². The van der Waals surface area contributed by atoms with Gasteiger partial charge in [0, 0.05) is 35.6 Å². The quantitative estimate of drug-likeness (QED) is 0.109. The standard InChI is InChI=1S/C41H52N8O6/c1-22(2)34(46-40(52)53)38(50)48-24(5)8-18-32(48)36-42-20-30(44-36)28-14-10-26(11-15-28)27-12-16-29(17-13-27)31-21-43-37(45-31)33-19-9-25(6)49(33)39(51)35(23(3)4)47-41(54)55-7/h10-17,20-25,32-35,46H,8-9,18-19H2,1-7H3,(H,42,44)(H,43,45)(H,47,54)(H,52,53)/t24-,25?,32-,33?,34+,35-/m0/s1. The van der Waals surface area contributed by atoms with E-state index in [4.69, 9.17) is 14.7 Å². The lowest BCUT2D eigenvalue weighted by molar-refractivity contribution is -0.138. The van der Waals surface area contributed by atoms with Gasteiger partial charge in [-0.2, -0.15) is 0 Å². The van der Waals surface area contributed by atoms with Crippen LogP contribution in [-0.4, -0.2) is 90.1 Å². The molecule has 0 spiro atoms. The molecule has 2 aromatic carbocycles. The third-order valence-electron chi connectivity index (χ3n) is 11.0. The summed E-state index contributed by atoms with van der Waals surface area (Å²) in [4.78, 5) is 70.7. The van der Waals surface area contributed by atoms with Crippen LogP contribution in [0.5, 0.6) is 0 Å². The molecule has 14 heteroatoms. The van der Waals surface area contributed by atoms with Crippen LogP contribution in [0.3, 0.4) is 0 Å². The van der Waals surface area contributed by atoms with Crippen molar-refractivity contribution in [2.24, 2.45) is 11.8 Å². The van der Waals surface area contributed by atoms with Gasteiger partial charge in [0.1, 0.15) is 23.7 Å². The summed E-state index contributed by atoms with van der Waals surface area (Å²) >= 11 is 0. The zero-order valence-electron chi connectivity index (χ0n) is 32.5. The van der Waals surface area contributed by atoms with Crippen molar-refractivity contribution < 1.29 is 29.0 Å². The Bertz CT molecular complexity index is 1990. The molecule has 55 heavy (non-hydrogen) atoms. The molecule has 0 bridgehead atoms.